The Bertz CT molecular complexity index is 740. The Hall–Kier alpha value is -2.67. The van der Waals surface area contributed by atoms with Gasteiger partial charge in [-0.3, -0.25) is 9.59 Å². The van der Waals surface area contributed by atoms with Gasteiger partial charge in [-0.2, -0.15) is 5.10 Å². The summed E-state index contributed by atoms with van der Waals surface area (Å²) in [5.41, 5.74) is 3.38. The molecule has 0 fully saturated rings. The molecule has 0 bridgehead atoms. The van der Waals surface area contributed by atoms with E-state index in [1.54, 1.807) is 4.68 Å². The van der Waals surface area contributed by atoms with Gasteiger partial charge >= 0.3 is 5.97 Å². The van der Waals surface area contributed by atoms with E-state index in [1.807, 2.05) is 44.2 Å². The summed E-state index contributed by atoms with van der Waals surface area (Å²) >= 11 is 0. The molecule has 1 aromatic heterocycles. The number of benzene rings is 1. The molecule has 0 atom stereocenters. The number of aryl methyl sites for hydroxylation is 1. The topological polar surface area (TPSA) is 84.7 Å². The van der Waals surface area contributed by atoms with E-state index in [0.29, 0.717) is 6.61 Å². The van der Waals surface area contributed by atoms with Crippen molar-refractivity contribution in [3.63, 3.8) is 0 Å². The van der Waals surface area contributed by atoms with Gasteiger partial charge in [-0.1, -0.05) is 18.2 Å². The molecule has 134 valence electrons. The maximum atomic E-state index is 12.6. The fraction of sp³-hybridized carbons (Fsp3) is 0.389. The molecule has 2 aromatic rings. The van der Waals surface area contributed by atoms with Crippen LogP contribution in [0, 0.1) is 13.8 Å². The van der Waals surface area contributed by atoms with Crippen LogP contribution in [0.4, 0.5) is 0 Å². The van der Waals surface area contributed by atoms with Crippen LogP contribution in [0.15, 0.2) is 30.3 Å². The molecular formula is C18H23N3O4. The summed E-state index contributed by atoms with van der Waals surface area (Å²) in [4.78, 5) is 24.9. The van der Waals surface area contributed by atoms with Crippen LogP contribution in [0.3, 0.4) is 0 Å². The maximum Gasteiger partial charge on any atom is 0.323 e. The summed E-state index contributed by atoms with van der Waals surface area (Å²) in [7, 11) is 1.52. The molecule has 0 aliphatic heterocycles. The maximum absolute atomic E-state index is 12.6. The van der Waals surface area contributed by atoms with Gasteiger partial charge in [0.05, 0.1) is 24.4 Å². The number of hydrogen-bond acceptors (Lipinski definition) is 4. The Morgan fingerprint density at radius 2 is 1.92 bits per heavy atom. The zero-order valence-electron chi connectivity index (χ0n) is 14.7. The summed E-state index contributed by atoms with van der Waals surface area (Å²) in [6, 6.07) is 9.67. The molecule has 0 radical (unpaired) electrons. The monoisotopic (exact) mass is 345 g/mol. The number of methoxy groups -OCH3 is 1. The first-order valence-corrected chi connectivity index (χ1v) is 8.03. The van der Waals surface area contributed by atoms with Crippen molar-refractivity contribution in [2.75, 3.05) is 26.8 Å². The number of para-hydroxylation sites is 1. The van der Waals surface area contributed by atoms with E-state index in [-0.39, 0.29) is 25.4 Å². The number of carboxylic acids is 1. The van der Waals surface area contributed by atoms with Crippen LogP contribution in [-0.2, 0) is 20.7 Å². The zero-order chi connectivity index (χ0) is 18.4. The lowest BCUT2D eigenvalue weighted by atomic mass is 10.1. The van der Waals surface area contributed by atoms with Crippen LogP contribution in [0.5, 0.6) is 0 Å². The Balaban J connectivity index is 2.22. The third-order valence-electron chi connectivity index (χ3n) is 4.01. The van der Waals surface area contributed by atoms with Gasteiger partial charge in [0.15, 0.2) is 0 Å². The number of aromatic nitrogens is 2. The molecule has 0 saturated heterocycles. The lowest BCUT2D eigenvalue weighted by Crippen LogP contribution is -2.39. The average Bonchev–Trinajstić information content (AvgIpc) is 2.87. The van der Waals surface area contributed by atoms with E-state index >= 15 is 0 Å². The van der Waals surface area contributed by atoms with Crippen molar-refractivity contribution < 1.29 is 19.4 Å². The smallest absolute Gasteiger partial charge is 0.323 e. The number of carbonyl (C=O) groups excluding carboxylic acids is 1. The number of amides is 1. The third-order valence-corrected chi connectivity index (χ3v) is 4.01. The van der Waals surface area contributed by atoms with Crippen molar-refractivity contribution in [2.24, 2.45) is 0 Å². The fourth-order valence-electron chi connectivity index (χ4n) is 2.67. The molecule has 25 heavy (non-hydrogen) atoms. The second kappa shape index (κ2) is 8.43. The molecule has 0 aliphatic rings. The summed E-state index contributed by atoms with van der Waals surface area (Å²) in [5, 5.41) is 13.5. The third kappa shape index (κ3) is 4.67. The molecule has 0 unspecified atom stereocenters. The first-order chi connectivity index (χ1) is 11.9. The van der Waals surface area contributed by atoms with Crippen molar-refractivity contribution >= 4 is 11.9 Å². The Labute approximate surface area is 146 Å². The van der Waals surface area contributed by atoms with Crippen molar-refractivity contribution in [3.8, 4) is 5.69 Å². The van der Waals surface area contributed by atoms with Crippen molar-refractivity contribution in [2.45, 2.75) is 20.3 Å². The van der Waals surface area contributed by atoms with E-state index in [1.165, 1.54) is 12.0 Å². The number of nitrogens with zero attached hydrogens (tertiary/aromatic N) is 3. The molecule has 2 rings (SSSR count). The summed E-state index contributed by atoms with van der Waals surface area (Å²) in [6.07, 6.45) is 0.113. The van der Waals surface area contributed by atoms with Gasteiger partial charge in [-0.15, -0.1) is 0 Å². The highest BCUT2D eigenvalue weighted by Gasteiger charge is 2.21. The van der Waals surface area contributed by atoms with E-state index < -0.39 is 5.97 Å². The number of aliphatic carboxylic acids is 1. The molecule has 0 saturated carbocycles. The highest BCUT2D eigenvalue weighted by atomic mass is 16.5. The molecular weight excluding hydrogens is 322 g/mol. The standard InChI is InChI=1S/C18H23N3O4/c1-13-16(11-17(22)20(9-10-25-3)12-18(23)24)14(2)21(19-13)15-7-5-4-6-8-15/h4-8H,9-12H2,1-3H3,(H,23,24). The van der Waals surface area contributed by atoms with Crippen LogP contribution in [-0.4, -0.2) is 58.5 Å². The van der Waals surface area contributed by atoms with Gasteiger partial charge < -0.3 is 14.7 Å². The summed E-state index contributed by atoms with van der Waals surface area (Å²) in [6.45, 7) is 3.96. The first-order valence-electron chi connectivity index (χ1n) is 8.03. The molecule has 1 amide bonds. The predicted molar refractivity (Wildman–Crippen MR) is 92.8 cm³/mol. The van der Waals surface area contributed by atoms with E-state index in [4.69, 9.17) is 9.84 Å². The molecule has 1 aromatic carbocycles. The van der Waals surface area contributed by atoms with Gasteiger partial charge in [0, 0.05) is 24.9 Å². The molecule has 1 N–H and O–H groups in total. The number of ether oxygens (including phenoxy) is 1. The normalized spacial score (nSPS) is 10.7. The Morgan fingerprint density at radius 1 is 1.24 bits per heavy atom. The molecule has 7 heteroatoms. The minimum Gasteiger partial charge on any atom is -0.480 e. The average molecular weight is 345 g/mol. The zero-order valence-corrected chi connectivity index (χ0v) is 14.7. The second-order valence-electron chi connectivity index (χ2n) is 5.78. The Morgan fingerprint density at radius 3 is 2.52 bits per heavy atom. The van der Waals surface area contributed by atoms with Gasteiger partial charge in [-0.05, 0) is 26.0 Å². The van der Waals surface area contributed by atoms with Crippen LogP contribution >= 0.6 is 0 Å². The van der Waals surface area contributed by atoms with Crippen LogP contribution in [0.1, 0.15) is 17.0 Å². The van der Waals surface area contributed by atoms with Gasteiger partial charge in [-0.25, -0.2) is 4.68 Å². The minimum absolute atomic E-state index is 0.113. The van der Waals surface area contributed by atoms with Gasteiger partial charge in [0.25, 0.3) is 0 Å². The molecule has 0 spiro atoms. The van der Waals surface area contributed by atoms with E-state index in [0.717, 1.165) is 22.6 Å². The van der Waals surface area contributed by atoms with Crippen LogP contribution < -0.4 is 0 Å². The molecule has 0 aliphatic carbocycles. The quantitative estimate of drug-likeness (QED) is 0.785. The number of carbonyl (C=O) groups is 2. The fourth-order valence-corrected chi connectivity index (χ4v) is 2.67. The predicted octanol–water partition coefficient (Wildman–Crippen LogP) is 1.59. The van der Waals surface area contributed by atoms with Gasteiger partial charge in [0.1, 0.15) is 6.54 Å². The SMILES string of the molecule is COCCN(CC(=O)O)C(=O)Cc1c(C)nn(-c2ccccc2)c1C. The minimum atomic E-state index is -1.04. The lowest BCUT2D eigenvalue weighted by Gasteiger charge is -2.20. The second-order valence-corrected chi connectivity index (χ2v) is 5.78. The van der Waals surface area contributed by atoms with Crippen molar-refractivity contribution in [1.82, 2.24) is 14.7 Å². The van der Waals surface area contributed by atoms with Crippen LogP contribution in [0.25, 0.3) is 5.69 Å². The summed E-state index contributed by atoms with van der Waals surface area (Å²) < 4.78 is 6.76. The van der Waals surface area contributed by atoms with Crippen molar-refractivity contribution in [3.05, 3.63) is 47.3 Å². The lowest BCUT2D eigenvalue weighted by molar-refractivity contribution is -0.144. The highest BCUT2D eigenvalue weighted by Crippen LogP contribution is 2.19. The number of hydrogen-bond donors (Lipinski definition) is 1. The van der Waals surface area contributed by atoms with Crippen molar-refractivity contribution in [1.29, 1.82) is 0 Å². The largest absolute Gasteiger partial charge is 0.480 e. The van der Waals surface area contributed by atoms with E-state index in [9.17, 15) is 9.59 Å². The number of carboxylic acid groups (broad SMARTS) is 1. The molecule has 1 heterocycles. The van der Waals surface area contributed by atoms with E-state index in [2.05, 4.69) is 5.10 Å². The first kappa shape index (κ1) is 18.7. The number of rotatable bonds is 8. The Kier molecular flexibility index (Phi) is 6.30. The highest BCUT2D eigenvalue weighted by molar-refractivity contribution is 5.83. The summed E-state index contributed by atoms with van der Waals surface area (Å²) in [5.74, 6) is -1.30. The molecule has 7 nitrogen and oxygen atoms in total. The van der Waals surface area contributed by atoms with Crippen LogP contribution in [0.2, 0.25) is 0 Å². The van der Waals surface area contributed by atoms with Gasteiger partial charge in [0.2, 0.25) is 5.91 Å².